The van der Waals surface area contributed by atoms with E-state index < -0.39 is 0 Å². The fourth-order valence-electron chi connectivity index (χ4n) is 1.73. The van der Waals surface area contributed by atoms with E-state index >= 15 is 0 Å². The quantitative estimate of drug-likeness (QED) is 0.602. The number of rotatable bonds is 1. The summed E-state index contributed by atoms with van der Waals surface area (Å²) in [6, 6.07) is 10.5. The summed E-state index contributed by atoms with van der Waals surface area (Å²) in [5.41, 5.74) is 5.38. The average Bonchev–Trinajstić information content (AvgIpc) is 2.47. The van der Waals surface area contributed by atoms with Crippen molar-refractivity contribution in [2.45, 2.75) is 13.8 Å². The van der Waals surface area contributed by atoms with Crippen molar-refractivity contribution in [3.05, 3.63) is 59.5 Å². The van der Waals surface area contributed by atoms with Crippen molar-refractivity contribution in [3.63, 3.8) is 0 Å². The predicted octanol–water partition coefficient (Wildman–Crippen LogP) is 3.62. The van der Waals surface area contributed by atoms with Gasteiger partial charge in [0.05, 0.1) is 0 Å². The Kier molecular flexibility index (Phi) is 2.05. The molecule has 0 heteroatoms. The smallest absolute Gasteiger partial charge is 0.0117 e. The maximum Gasteiger partial charge on any atom is 0.0117 e. The second-order valence-electron chi connectivity index (χ2n) is 3.50. The molecule has 0 saturated heterocycles. The van der Waals surface area contributed by atoms with Gasteiger partial charge in [0.1, 0.15) is 0 Å². The number of hydrogen-bond donors (Lipinski definition) is 0. The summed E-state index contributed by atoms with van der Waals surface area (Å²) in [4.78, 5) is 0. The van der Waals surface area contributed by atoms with E-state index in [9.17, 15) is 0 Å². The molecule has 0 heterocycles. The van der Waals surface area contributed by atoms with Gasteiger partial charge in [0.25, 0.3) is 0 Å². The molecule has 0 amide bonds. The van der Waals surface area contributed by atoms with Crippen LogP contribution in [0.25, 0.3) is 5.57 Å². The van der Waals surface area contributed by atoms with Crippen molar-refractivity contribution >= 4 is 5.57 Å². The minimum Gasteiger partial charge on any atom is -0.0646 e. The number of hydrogen-bond acceptors (Lipinski definition) is 0. The number of benzene rings is 1. The lowest BCUT2D eigenvalue weighted by Crippen LogP contribution is -1.80. The summed E-state index contributed by atoms with van der Waals surface area (Å²) < 4.78 is 0. The third-order valence-electron chi connectivity index (χ3n) is 2.33. The standard InChI is InChI=1S/C13H13/c1-10-8-11(2)13(9-10)12-6-4-3-5-7-12/h3-9H,1-2H3. The van der Waals surface area contributed by atoms with Crippen molar-refractivity contribution in [2.75, 3.05) is 0 Å². The van der Waals surface area contributed by atoms with Crippen LogP contribution in [0.3, 0.4) is 0 Å². The Morgan fingerprint density at radius 2 is 1.62 bits per heavy atom. The Hall–Kier alpha value is -1.30. The molecular formula is C13H13. The molecule has 1 aliphatic rings. The number of allylic oxidation sites excluding steroid dienone is 4. The predicted molar refractivity (Wildman–Crippen MR) is 57.1 cm³/mol. The van der Waals surface area contributed by atoms with Crippen LogP contribution >= 0.6 is 0 Å². The summed E-state index contributed by atoms with van der Waals surface area (Å²) in [6.07, 6.45) is 4.47. The monoisotopic (exact) mass is 169 g/mol. The van der Waals surface area contributed by atoms with Gasteiger partial charge < -0.3 is 0 Å². The highest BCUT2D eigenvalue weighted by Crippen LogP contribution is 2.30. The molecule has 0 atom stereocenters. The largest absolute Gasteiger partial charge is 0.0646 e. The van der Waals surface area contributed by atoms with Gasteiger partial charge in [-0.3, -0.25) is 0 Å². The highest BCUT2D eigenvalue weighted by atomic mass is 14.1. The summed E-state index contributed by atoms with van der Waals surface area (Å²) in [5, 5.41) is 0. The molecule has 0 unspecified atom stereocenters. The van der Waals surface area contributed by atoms with Crippen LogP contribution in [0.15, 0.2) is 47.6 Å². The molecular weight excluding hydrogens is 156 g/mol. The molecule has 0 aromatic heterocycles. The zero-order valence-corrected chi connectivity index (χ0v) is 8.04. The molecule has 1 aromatic rings. The van der Waals surface area contributed by atoms with E-state index in [0.717, 1.165) is 0 Å². The third-order valence-corrected chi connectivity index (χ3v) is 2.33. The van der Waals surface area contributed by atoms with Crippen LogP contribution in [0.4, 0.5) is 0 Å². The summed E-state index contributed by atoms with van der Waals surface area (Å²) in [5.74, 6) is 0. The van der Waals surface area contributed by atoms with E-state index in [1.54, 1.807) is 0 Å². The summed E-state index contributed by atoms with van der Waals surface area (Å²) in [6.45, 7) is 4.30. The average molecular weight is 169 g/mol. The van der Waals surface area contributed by atoms with Gasteiger partial charge in [0.2, 0.25) is 0 Å². The fraction of sp³-hybridized carbons (Fsp3) is 0.154. The minimum absolute atomic E-state index is 1.31. The lowest BCUT2D eigenvalue weighted by molar-refractivity contribution is 1.38. The second-order valence-corrected chi connectivity index (χ2v) is 3.50. The third kappa shape index (κ3) is 1.57. The molecule has 0 bridgehead atoms. The fourth-order valence-corrected chi connectivity index (χ4v) is 1.73. The van der Waals surface area contributed by atoms with Gasteiger partial charge in [-0.1, -0.05) is 47.6 Å². The van der Waals surface area contributed by atoms with Gasteiger partial charge in [-0.25, -0.2) is 0 Å². The summed E-state index contributed by atoms with van der Waals surface area (Å²) >= 11 is 0. The van der Waals surface area contributed by atoms with Gasteiger partial charge in [-0.05, 0) is 25.0 Å². The van der Waals surface area contributed by atoms with Crippen molar-refractivity contribution in [2.24, 2.45) is 0 Å². The van der Waals surface area contributed by atoms with Crippen LogP contribution in [-0.2, 0) is 0 Å². The minimum atomic E-state index is 1.31. The lowest BCUT2D eigenvalue weighted by Gasteiger charge is -2.01. The first-order chi connectivity index (χ1) is 6.27. The Labute approximate surface area is 79.6 Å². The highest BCUT2D eigenvalue weighted by molar-refractivity contribution is 5.82. The second kappa shape index (κ2) is 3.21. The van der Waals surface area contributed by atoms with E-state index in [1.165, 1.54) is 22.3 Å². The first-order valence-corrected chi connectivity index (χ1v) is 4.57. The Bertz CT molecular complexity index is 366. The van der Waals surface area contributed by atoms with E-state index in [1.807, 2.05) is 0 Å². The normalized spacial score (nSPS) is 16.3. The zero-order chi connectivity index (χ0) is 9.26. The zero-order valence-electron chi connectivity index (χ0n) is 8.04. The van der Waals surface area contributed by atoms with Crippen molar-refractivity contribution in [1.29, 1.82) is 0 Å². The van der Waals surface area contributed by atoms with Crippen LogP contribution in [0.2, 0.25) is 0 Å². The summed E-state index contributed by atoms with van der Waals surface area (Å²) in [7, 11) is 0. The molecule has 0 saturated carbocycles. The molecule has 1 aliphatic carbocycles. The maximum atomic E-state index is 2.24. The van der Waals surface area contributed by atoms with Crippen LogP contribution in [-0.4, -0.2) is 0 Å². The van der Waals surface area contributed by atoms with Crippen molar-refractivity contribution in [3.8, 4) is 0 Å². The van der Waals surface area contributed by atoms with E-state index in [-0.39, 0.29) is 0 Å². The van der Waals surface area contributed by atoms with Crippen LogP contribution < -0.4 is 0 Å². The molecule has 1 radical (unpaired) electrons. The molecule has 0 fully saturated rings. The Balaban J connectivity index is 2.43. The Morgan fingerprint density at radius 1 is 0.923 bits per heavy atom. The molecule has 0 N–H and O–H groups in total. The molecule has 2 rings (SSSR count). The van der Waals surface area contributed by atoms with Crippen LogP contribution in [0.1, 0.15) is 19.4 Å². The molecule has 0 spiro atoms. The van der Waals surface area contributed by atoms with E-state index in [2.05, 4.69) is 56.7 Å². The molecule has 1 aromatic carbocycles. The van der Waals surface area contributed by atoms with Crippen LogP contribution in [0, 0.1) is 6.42 Å². The lowest BCUT2D eigenvalue weighted by atomic mass is 10.0. The Morgan fingerprint density at radius 3 is 2.15 bits per heavy atom. The highest BCUT2D eigenvalue weighted by Gasteiger charge is 2.10. The maximum absolute atomic E-state index is 2.24. The topological polar surface area (TPSA) is 0 Å². The first-order valence-electron chi connectivity index (χ1n) is 4.57. The van der Waals surface area contributed by atoms with Gasteiger partial charge in [-0.2, -0.15) is 0 Å². The van der Waals surface area contributed by atoms with Gasteiger partial charge in [0, 0.05) is 6.42 Å². The van der Waals surface area contributed by atoms with E-state index in [4.69, 9.17) is 0 Å². The van der Waals surface area contributed by atoms with Gasteiger partial charge in [-0.15, -0.1) is 0 Å². The van der Waals surface area contributed by atoms with Gasteiger partial charge in [0.15, 0.2) is 0 Å². The molecule has 65 valence electrons. The SMILES string of the molecule is CC1=CC(c2ccccc2)=C(C)[CH]1. The molecule has 13 heavy (non-hydrogen) atoms. The van der Waals surface area contributed by atoms with Crippen molar-refractivity contribution < 1.29 is 0 Å². The molecule has 0 aliphatic heterocycles. The van der Waals surface area contributed by atoms with Crippen molar-refractivity contribution in [1.82, 2.24) is 0 Å². The van der Waals surface area contributed by atoms with E-state index in [0.29, 0.717) is 0 Å². The van der Waals surface area contributed by atoms with Crippen LogP contribution in [0.5, 0.6) is 0 Å². The van der Waals surface area contributed by atoms with Gasteiger partial charge >= 0.3 is 0 Å². The molecule has 0 nitrogen and oxygen atoms in total. The first kappa shape index (κ1) is 8.31.